The first-order valence-electron chi connectivity index (χ1n) is 6.03. The standard InChI is InChI=1S/C16H11NO/c1-3-11-5-2-6-13-14(16-17-9-10-18-16)8-7-12(4-1)15(11)13/h1-10,14H. The zero-order valence-corrected chi connectivity index (χ0v) is 9.71. The van der Waals surface area contributed by atoms with Crippen LogP contribution in [0, 0.1) is 0 Å². The van der Waals surface area contributed by atoms with E-state index < -0.39 is 0 Å². The van der Waals surface area contributed by atoms with E-state index in [4.69, 9.17) is 4.42 Å². The van der Waals surface area contributed by atoms with Gasteiger partial charge in [0.25, 0.3) is 0 Å². The Kier molecular flexibility index (Phi) is 1.92. The van der Waals surface area contributed by atoms with Crippen molar-refractivity contribution in [3.05, 3.63) is 72.0 Å². The second-order valence-corrected chi connectivity index (χ2v) is 4.50. The predicted octanol–water partition coefficient (Wildman–Crippen LogP) is 3.99. The van der Waals surface area contributed by atoms with E-state index in [0.717, 1.165) is 5.89 Å². The monoisotopic (exact) mass is 233 g/mol. The predicted molar refractivity (Wildman–Crippen MR) is 71.3 cm³/mol. The Morgan fingerprint density at radius 2 is 1.94 bits per heavy atom. The Bertz CT molecular complexity index is 736. The van der Waals surface area contributed by atoms with Crippen LogP contribution < -0.4 is 0 Å². The smallest absolute Gasteiger partial charge is 0.205 e. The Balaban J connectivity index is 2.04. The summed E-state index contributed by atoms with van der Waals surface area (Å²) in [6.07, 6.45) is 7.64. The second-order valence-electron chi connectivity index (χ2n) is 4.50. The Morgan fingerprint density at radius 3 is 2.78 bits per heavy atom. The summed E-state index contributed by atoms with van der Waals surface area (Å²) in [6.45, 7) is 0. The molecule has 2 heteroatoms. The zero-order chi connectivity index (χ0) is 11.9. The van der Waals surface area contributed by atoms with Crippen LogP contribution in [-0.2, 0) is 0 Å². The van der Waals surface area contributed by atoms with Crippen molar-refractivity contribution in [1.82, 2.24) is 4.98 Å². The third-order valence-electron chi connectivity index (χ3n) is 3.49. The minimum Gasteiger partial charge on any atom is -0.448 e. The Labute approximate surface area is 105 Å². The third-order valence-corrected chi connectivity index (χ3v) is 3.49. The summed E-state index contributed by atoms with van der Waals surface area (Å²) < 4.78 is 5.46. The molecule has 0 aliphatic heterocycles. The normalized spacial score (nSPS) is 17.2. The molecular weight excluding hydrogens is 222 g/mol. The number of benzene rings is 2. The number of hydrogen-bond donors (Lipinski definition) is 0. The third kappa shape index (κ3) is 1.26. The van der Waals surface area contributed by atoms with Gasteiger partial charge in [0.15, 0.2) is 0 Å². The summed E-state index contributed by atoms with van der Waals surface area (Å²) in [7, 11) is 0. The molecule has 2 nitrogen and oxygen atoms in total. The van der Waals surface area contributed by atoms with Crippen molar-refractivity contribution in [2.45, 2.75) is 5.92 Å². The molecule has 0 spiro atoms. The van der Waals surface area contributed by atoms with Crippen LogP contribution in [0.3, 0.4) is 0 Å². The number of hydrogen-bond acceptors (Lipinski definition) is 2. The van der Waals surface area contributed by atoms with Gasteiger partial charge in [-0.25, -0.2) is 4.98 Å². The molecule has 86 valence electrons. The van der Waals surface area contributed by atoms with Gasteiger partial charge in [-0.2, -0.15) is 0 Å². The summed E-state index contributed by atoms with van der Waals surface area (Å²) in [6, 6.07) is 12.8. The maximum absolute atomic E-state index is 5.46. The first kappa shape index (κ1) is 9.66. The Morgan fingerprint density at radius 1 is 1.06 bits per heavy atom. The summed E-state index contributed by atoms with van der Waals surface area (Å²) in [5.74, 6) is 0.881. The van der Waals surface area contributed by atoms with Gasteiger partial charge in [-0.15, -0.1) is 0 Å². The van der Waals surface area contributed by atoms with Crippen LogP contribution in [0.2, 0.25) is 0 Å². The average molecular weight is 233 g/mol. The van der Waals surface area contributed by atoms with E-state index in [2.05, 4.69) is 53.5 Å². The highest BCUT2D eigenvalue weighted by Crippen LogP contribution is 2.37. The van der Waals surface area contributed by atoms with Gasteiger partial charge < -0.3 is 4.42 Å². The van der Waals surface area contributed by atoms with E-state index in [1.165, 1.54) is 21.9 Å². The number of rotatable bonds is 1. The summed E-state index contributed by atoms with van der Waals surface area (Å²) in [4.78, 5) is 4.28. The van der Waals surface area contributed by atoms with Crippen LogP contribution in [0.1, 0.15) is 22.9 Å². The van der Waals surface area contributed by atoms with Crippen molar-refractivity contribution in [3.63, 3.8) is 0 Å². The van der Waals surface area contributed by atoms with Gasteiger partial charge in [-0.05, 0) is 21.9 Å². The van der Waals surface area contributed by atoms with Crippen molar-refractivity contribution in [3.8, 4) is 0 Å². The first-order valence-corrected chi connectivity index (χ1v) is 6.03. The quantitative estimate of drug-likeness (QED) is 0.635. The SMILES string of the molecule is C1=CC(c2ncco2)c2cccc3cccc1c23. The molecule has 0 saturated heterocycles. The molecule has 0 N–H and O–H groups in total. The van der Waals surface area contributed by atoms with Crippen molar-refractivity contribution >= 4 is 16.8 Å². The van der Waals surface area contributed by atoms with E-state index in [1.807, 2.05) is 0 Å². The molecule has 2 aromatic carbocycles. The second kappa shape index (κ2) is 3.57. The first-order chi connectivity index (χ1) is 8.93. The van der Waals surface area contributed by atoms with Crippen molar-refractivity contribution < 1.29 is 4.42 Å². The van der Waals surface area contributed by atoms with E-state index in [9.17, 15) is 0 Å². The molecule has 0 fully saturated rings. The van der Waals surface area contributed by atoms with E-state index in [1.54, 1.807) is 12.5 Å². The topological polar surface area (TPSA) is 26.0 Å². The van der Waals surface area contributed by atoms with Gasteiger partial charge in [0, 0.05) is 0 Å². The van der Waals surface area contributed by atoms with E-state index in [0.29, 0.717) is 0 Å². The van der Waals surface area contributed by atoms with Crippen molar-refractivity contribution in [1.29, 1.82) is 0 Å². The van der Waals surface area contributed by atoms with Crippen LogP contribution in [0.15, 0.2) is 59.4 Å². The lowest BCUT2D eigenvalue weighted by molar-refractivity contribution is 0.492. The fourth-order valence-corrected chi connectivity index (χ4v) is 2.70. The summed E-state index contributed by atoms with van der Waals surface area (Å²) in [5, 5.41) is 2.58. The highest BCUT2D eigenvalue weighted by atomic mass is 16.3. The van der Waals surface area contributed by atoms with Crippen LogP contribution in [0.4, 0.5) is 0 Å². The van der Waals surface area contributed by atoms with Gasteiger partial charge in [0.05, 0.1) is 12.1 Å². The maximum atomic E-state index is 5.46. The lowest BCUT2D eigenvalue weighted by Gasteiger charge is -2.18. The molecule has 3 aromatic rings. The lowest BCUT2D eigenvalue weighted by Crippen LogP contribution is -2.03. The molecule has 1 aliphatic carbocycles. The number of aromatic nitrogens is 1. The summed E-state index contributed by atoms with van der Waals surface area (Å²) >= 11 is 0. The molecule has 0 bridgehead atoms. The minimum absolute atomic E-state index is 0.124. The highest BCUT2D eigenvalue weighted by Gasteiger charge is 2.21. The van der Waals surface area contributed by atoms with Gasteiger partial charge in [0.1, 0.15) is 6.26 Å². The lowest BCUT2D eigenvalue weighted by atomic mass is 9.86. The fourth-order valence-electron chi connectivity index (χ4n) is 2.70. The molecule has 1 aromatic heterocycles. The fraction of sp³-hybridized carbons (Fsp3) is 0.0625. The zero-order valence-electron chi connectivity index (χ0n) is 9.71. The molecule has 0 radical (unpaired) electrons. The van der Waals surface area contributed by atoms with Crippen molar-refractivity contribution in [2.24, 2.45) is 0 Å². The molecule has 4 rings (SSSR count). The Hall–Kier alpha value is -2.35. The number of nitrogens with zero attached hydrogens (tertiary/aromatic N) is 1. The van der Waals surface area contributed by atoms with Crippen LogP contribution in [-0.4, -0.2) is 4.98 Å². The molecule has 0 saturated carbocycles. The molecule has 1 aliphatic rings. The summed E-state index contributed by atoms with van der Waals surface area (Å²) in [5.41, 5.74) is 2.54. The van der Waals surface area contributed by atoms with Gasteiger partial charge in [0.2, 0.25) is 5.89 Å². The van der Waals surface area contributed by atoms with Gasteiger partial charge in [-0.3, -0.25) is 0 Å². The molecular formula is C16H11NO. The molecule has 0 amide bonds. The van der Waals surface area contributed by atoms with Crippen LogP contribution in [0.25, 0.3) is 16.8 Å². The van der Waals surface area contributed by atoms with E-state index >= 15 is 0 Å². The highest BCUT2D eigenvalue weighted by molar-refractivity contribution is 5.95. The van der Waals surface area contributed by atoms with Crippen LogP contribution >= 0.6 is 0 Å². The van der Waals surface area contributed by atoms with Crippen LogP contribution in [0.5, 0.6) is 0 Å². The van der Waals surface area contributed by atoms with Crippen molar-refractivity contribution in [2.75, 3.05) is 0 Å². The van der Waals surface area contributed by atoms with E-state index in [-0.39, 0.29) is 5.92 Å². The average Bonchev–Trinajstić information content (AvgIpc) is 2.94. The number of oxazole rings is 1. The maximum Gasteiger partial charge on any atom is 0.205 e. The molecule has 1 heterocycles. The van der Waals surface area contributed by atoms with Gasteiger partial charge >= 0.3 is 0 Å². The largest absolute Gasteiger partial charge is 0.448 e. The van der Waals surface area contributed by atoms with Gasteiger partial charge in [-0.1, -0.05) is 48.6 Å². The number of allylic oxidation sites excluding steroid dienone is 1. The minimum atomic E-state index is 0.124. The molecule has 1 unspecified atom stereocenters. The molecule has 1 atom stereocenters. The molecule has 18 heavy (non-hydrogen) atoms.